The van der Waals surface area contributed by atoms with Crippen LogP contribution in [0.25, 0.3) is 10.9 Å². The molecule has 1 aromatic heterocycles. The van der Waals surface area contributed by atoms with Gasteiger partial charge in [-0.15, -0.1) is 0 Å². The molecule has 2 heterocycles. The van der Waals surface area contributed by atoms with Crippen molar-refractivity contribution in [1.29, 1.82) is 0 Å². The number of likely N-dealkylation sites (tertiary alicyclic amines) is 1. The maximum atomic E-state index is 12.1. The zero-order valence-corrected chi connectivity index (χ0v) is 13.8. The van der Waals surface area contributed by atoms with Gasteiger partial charge >= 0.3 is 0 Å². The Hall–Kier alpha value is -2.34. The van der Waals surface area contributed by atoms with Gasteiger partial charge in [0.25, 0.3) is 5.91 Å². The highest BCUT2D eigenvalue weighted by molar-refractivity contribution is 5.83. The van der Waals surface area contributed by atoms with Gasteiger partial charge in [-0.3, -0.25) is 9.59 Å². The molecule has 1 aliphatic rings. The third-order valence-electron chi connectivity index (χ3n) is 4.90. The molecule has 128 valence electrons. The summed E-state index contributed by atoms with van der Waals surface area (Å²) in [6.45, 7) is 2.78. The first-order chi connectivity index (χ1) is 11.6. The first kappa shape index (κ1) is 16.5. The number of para-hydroxylation sites is 1. The number of piperidine rings is 1. The molecule has 0 radical (unpaired) electrons. The van der Waals surface area contributed by atoms with Crippen LogP contribution < -0.4 is 16.0 Å². The van der Waals surface area contributed by atoms with Crippen LogP contribution >= 0.6 is 0 Å². The number of amides is 2. The number of aromatic amines is 1. The van der Waals surface area contributed by atoms with Crippen LogP contribution in [0.4, 0.5) is 0 Å². The summed E-state index contributed by atoms with van der Waals surface area (Å²) in [5.41, 5.74) is 7.68. The molecule has 0 unspecified atom stereocenters. The third kappa shape index (κ3) is 3.94. The SMILES string of the molecule is NC(=O)C1CC[NH+](CC(=O)NCCc2c[nH]c3ccccc23)CC1. The molecule has 1 fully saturated rings. The Morgan fingerprint density at radius 1 is 1.25 bits per heavy atom. The summed E-state index contributed by atoms with van der Waals surface area (Å²) in [6, 6.07) is 8.18. The summed E-state index contributed by atoms with van der Waals surface area (Å²) in [5.74, 6) is -0.154. The van der Waals surface area contributed by atoms with Crippen molar-refractivity contribution in [3.05, 3.63) is 36.0 Å². The first-order valence-electron chi connectivity index (χ1n) is 8.58. The molecule has 0 bridgehead atoms. The van der Waals surface area contributed by atoms with Gasteiger partial charge in [0.2, 0.25) is 5.91 Å². The van der Waals surface area contributed by atoms with Gasteiger partial charge in [0, 0.05) is 42.4 Å². The van der Waals surface area contributed by atoms with Crippen LogP contribution in [0.1, 0.15) is 18.4 Å². The number of nitrogens with two attached hydrogens (primary N) is 1. The summed E-state index contributed by atoms with van der Waals surface area (Å²) >= 11 is 0. The molecule has 3 rings (SSSR count). The topological polar surface area (TPSA) is 92.4 Å². The fourth-order valence-electron chi connectivity index (χ4n) is 3.45. The molecule has 0 spiro atoms. The van der Waals surface area contributed by atoms with Crippen LogP contribution in [-0.4, -0.2) is 43.0 Å². The predicted octanol–water partition coefficient (Wildman–Crippen LogP) is -0.393. The van der Waals surface area contributed by atoms with E-state index in [0.29, 0.717) is 13.1 Å². The normalized spacial score (nSPS) is 20.8. The highest BCUT2D eigenvalue weighted by Gasteiger charge is 2.26. The van der Waals surface area contributed by atoms with Gasteiger partial charge in [-0.05, 0) is 18.1 Å². The molecule has 6 heteroatoms. The fourth-order valence-corrected chi connectivity index (χ4v) is 3.45. The van der Waals surface area contributed by atoms with Gasteiger partial charge in [-0.25, -0.2) is 0 Å². The van der Waals surface area contributed by atoms with Gasteiger partial charge in [-0.1, -0.05) is 18.2 Å². The number of quaternary nitrogens is 1. The lowest BCUT2D eigenvalue weighted by Gasteiger charge is -2.27. The summed E-state index contributed by atoms with van der Waals surface area (Å²) in [6.07, 6.45) is 4.39. The van der Waals surface area contributed by atoms with E-state index in [1.807, 2.05) is 18.3 Å². The Bertz CT molecular complexity index is 717. The van der Waals surface area contributed by atoms with E-state index in [4.69, 9.17) is 5.73 Å². The Morgan fingerprint density at radius 2 is 2.00 bits per heavy atom. The number of fused-ring (bicyclic) bond motifs is 1. The number of nitrogens with one attached hydrogen (secondary N) is 3. The fraction of sp³-hybridized carbons (Fsp3) is 0.444. The van der Waals surface area contributed by atoms with E-state index in [0.717, 1.165) is 37.9 Å². The van der Waals surface area contributed by atoms with Crippen molar-refractivity contribution >= 4 is 22.7 Å². The van der Waals surface area contributed by atoms with Crippen molar-refractivity contribution in [2.75, 3.05) is 26.2 Å². The molecular weight excluding hydrogens is 304 g/mol. The first-order valence-corrected chi connectivity index (χ1v) is 8.58. The molecule has 1 aromatic carbocycles. The monoisotopic (exact) mass is 329 g/mol. The van der Waals surface area contributed by atoms with E-state index >= 15 is 0 Å². The van der Waals surface area contributed by atoms with E-state index in [1.54, 1.807) is 0 Å². The summed E-state index contributed by atoms with van der Waals surface area (Å²) in [4.78, 5) is 27.7. The van der Waals surface area contributed by atoms with Crippen molar-refractivity contribution in [2.24, 2.45) is 11.7 Å². The second kappa shape index (κ2) is 7.49. The second-order valence-electron chi connectivity index (χ2n) is 6.56. The summed E-state index contributed by atoms with van der Waals surface area (Å²) in [7, 11) is 0. The van der Waals surface area contributed by atoms with Crippen LogP contribution in [0.2, 0.25) is 0 Å². The molecule has 1 saturated heterocycles. The number of hydrogen-bond acceptors (Lipinski definition) is 2. The Labute approximate surface area is 141 Å². The standard InChI is InChI=1S/C18H24N4O2/c19-18(24)13-6-9-22(10-7-13)12-17(23)20-8-5-14-11-21-16-4-2-1-3-15(14)16/h1-4,11,13,21H,5-10,12H2,(H2,19,24)(H,20,23)/p+1. The molecule has 5 N–H and O–H groups in total. The third-order valence-corrected chi connectivity index (χ3v) is 4.90. The van der Waals surface area contributed by atoms with Gasteiger partial charge < -0.3 is 20.9 Å². The number of hydrogen-bond donors (Lipinski definition) is 4. The lowest BCUT2D eigenvalue weighted by Crippen LogP contribution is -3.14. The quantitative estimate of drug-likeness (QED) is 0.581. The largest absolute Gasteiger partial charge is 0.369 e. The number of primary amides is 1. The number of aromatic nitrogens is 1. The molecule has 6 nitrogen and oxygen atoms in total. The Kier molecular flexibility index (Phi) is 5.15. The predicted molar refractivity (Wildman–Crippen MR) is 92.5 cm³/mol. The average molecular weight is 329 g/mol. The lowest BCUT2D eigenvalue weighted by molar-refractivity contribution is -0.897. The van der Waals surface area contributed by atoms with Gasteiger partial charge in [-0.2, -0.15) is 0 Å². The average Bonchev–Trinajstić information content (AvgIpc) is 2.99. The maximum Gasteiger partial charge on any atom is 0.275 e. The minimum absolute atomic E-state index is 0.0151. The zero-order chi connectivity index (χ0) is 16.9. The van der Waals surface area contributed by atoms with Crippen molar-refractivity contribution in [3.8, 4) is 0 Å². The molecular formula is C18H25N4O2+. The minimum Gasteiger partial charge on any atom is -0.369 e. The molecule has 0 saturated carbocycles. The number of rotatable bonds is 6. The van der Waals surface area contributed by atoms with Crippen molar-refractivity contribution in [1.82, 2.24) is 10.3 Å². The van der Waals surface area contributed by atoms with E-state index in [2.05, 4.69) is 22.4 Å². The molecule has 0 aliphatic carbocycles. The van der Waals surface area contributed by atoms with Crippen LogP contribution in [0.5, 0.6) is 0 Å². The zero-order valence-electron chi connectivity index (χ0n) is 13.8. The van der Waals surface area contributed by atoms with Crippen molar-refractivity contribution in [3.63, 3.8) is 0 Å². The summed E-state index contributed by atoms with van der Waals surface area (Å²) < 4.78 is 0. The minimum atomic E-state index is -0.211. The van der Waals surface area contributed by atoms with E-state index in [1.165, 1.54) is 15.8 Å². The molecule has 24 heavy (non-hydrogen) atoms. The van der Waals surface area contributed by atoms with Crippen molar-refractivity contribution < 1.29 is 14.5 Å². The van der Waals surface area contributed by atoms with Crippen LogP contribution in [0, 0.1) is 5.92 Å². The molecule has 0 atom stereocenters. The van der Waals surface area contributed by atoms with Crippen LogP contribution in [0.3, 0.4) is 0 Å². The number of H-pyrrole nitrogens is 1. The van der Waals surface area contributed by atoms with Crippen LogP contribution in [0.15, 0.2) is 30.5 Å². The van der Waals surface area contributed by atoms with Gasteiger partial charge in [0.1, 0.15) is 0 Å². The lowest BCUT2D eigenvalue weighted by atomic mass is 9.96. The van der Waals surface area contributed by atoms with Gasteiger partial charge in [0.15, 0.2) is 6.54 Å². The van der Waals surface area contributed by atoms with E-state index in [-0.39, 0.29) is 17.7 Å². The maximum absolute atomic E-state index is 12.1. The summed E-state index contributed by atoms with van der Waals surface area (Å²) in [5, 5.41) is 4.22. The number of benzene rings is 1. The Balaban J connectivity index is 1.41. The molecule has 1 aliphatic heterocycles. The van der Waals surface area contributed by atoms with Crippen molar-refractivity contribution in [2.45, 2.75) is 19.3 Å². The van der Waals surface area contributed by atoms with E-state index < -0.39 is 0 Å². The van der Waals surface area contributed by atoms with Gasteiger partial charge in [0.05, 0.1) is 13.1 Å². The van der Waals surface area contributed by atoms with Crippen LogP contribution in [-0.2, 0) is 16.0 Å². The molecule has 2 aromatic rings. The highest BCUT2D eigenvalue weighted by Crippen LogP contribution is 2.17. The second-order valence-corrected chi connectivity index (χ2v) is 6.56. The molecule has 2 amide bonds. The number of carbonyl (C=O) groups excluding carboxylic acids is 2. The smallest absolute Gasteiger partial charge is 0.275 e. The highest BCUT2D eigenvalue weighted by atomic mass is 16.2. The Morgan fingerprint density at radius 3 is 2.75 bits per heavy atom. The number of carbonyl (C=O) groups is 2. The van der Waals surface area contributed by atoms with E-state index in [9.17, 15) is 9.59 Å².